The van der Waals surface area contributed by atoms with Gasteiger partial charge in [-0.15, -0.1) is 0 Å². The highest BCUT2D eigenvalue weighted by Gasteiger charge is 2.46. The number of carbonyl (C=O) groups is 1. The lowest BCUT2D eigenvalue weighted by Gasteiger charge is -2.37. The summed E-state index contributed by atoms with van der Waals surface area (Å²) in [6.45, 7) is 2.68. The minimum Gasteiger partial charge on any atom is -0.409 e. The van der Waals surface area contributed by atoms with Crippen LogP contribution in [0.4, 0.5) is 0 Å². The fourth-order valence-corrected chi connectivity index (χ4v) is 3.05. The molecular weight excluding hydrogens is 246 g/mol. The average molecular weight is 269 g/mol. The predicted molar refractivity (Wildman–Crippen MR) is 70.9 cm³/mol. The number of amidine groups is 1. The van der Waals surface area contributed by atoms with E-state index in [0.717, 1.165) is 25.7 Å². The second-order valence-electron chi connectivity index (χ2n) is 5.49. The van der Waals surface area contributed by atoms with Crippen molar-refractivity contribution in [1.82, 2.24) is 5.32 Å². The van der Waals surface area contributed by atoms with Crippen LogP contribution in [0.5, 0.6) is 0 Å². The van der Waals surface area contributed by atoms with E-state index in [0.29, 0.717) is 19.4 Å². The molecule has 19 heavy (non-hydrogen) atoms. The van der Waals surface area contributed by atoms with Crippen LogP contribution in [0.1, 0.15) is 45.4 Å². The van der Waals surface area contributed by atoms with E-state index in [9.17, 15) is 4.79 Å². The number of rotatable bonds is 5. The lowest BCUT2D eigenvalue weighted by atomic mass is 9.81. The highest BCUT2D eigenvalue weighted by atomic mass is 16.5. The molecule has 6 nitrogen and oxygen atoms in total. The first-order valence-electron chi connectivity index (χ1n) is 7.03. The fourth-order valence-electron chi connectivity index (χ4n) is 3.05. The molecule has 0 aromatic carbocycles. The standard InChI is InChI=1S/C13H23N3O3/c1-2-19-10-7-9(8-10)15-12(17)13(11(14)16-18)5-3-4-6-13/h9-10,18H,2-8H2,1H3,(H2,14,16)(H,15,17). The first-order chi connectivity index (χ1) is 9.12. The number of nitrogens with zero attached hydrogens (tertiary/aromatic N) is 1. The number of amides is 1. The van der Waals surface area contributed by atoms with Gasteiger partial charge in [-0.05, 0) is 32.6 Å². The Labute approximate surface area is 113 Å². The monoisotopic (exact) mass is 269 g/mol. The van der Waals surface area contributed by atoms with E-state index >= 15 is 0 Å². The number of ether oxygens (including phenoxy) is 1. The maximum atomic E-state index is 12.4. The molecule has 0 aromatic heterocycles. The minimum absolute atomic E-state index is 0.0446. The van der Waals surface area contributed by atoms with Gasteiger partial charge in [0, 0.05) is 12.6 Å². The van der Waals surface area contributed by atoms with Gasteiger partial charge in [0.05, 0.1) is 6.10 Å². The van der Waals surface area contributed by atoms with E-state index in [1.165, 1.54) is 0 Å². The van der Waals surface area contributed by atoms with Crippen molar-refractivity contribution in [3.63, 3.8) is 0 Å². The normalized spacial score (nSPS) is 29.8. The molecule has 6 heteroatoms. The first kappa shape index (κ1) is 14.1. The smallest absolute Gasteiger partial charge is 0.234 e. The Morgan fingerprint density at radius 1 is 1.47 bits per heavy atom. The highest BCUT2D eigenvalue weighted by Crippen LogP contribution is 2.39. The van der Waals surface area contributed by atoms with Crippen molar-refractivity contribution in [2.24, 2.45) is 16.3 Å². The minimum atomic E-state index is -0.800. The maximum Gasteiger partial charge on any atom is 0.234 e. The molecule has 0 radical (unpaired) electrons. The lowest BCUT2D eigenvalue weighted by Crippen LogP contribution is -2.55. The zero-order chi connectivity index (χ0) is 13.9. The van der Waals surface area contributed by atoms with E-state index in [-0.39, 0.29) is 23.9 Å². The van der Waals surface area contributed by atoms with Crippen LogP contribution in [-0.4, -0.2) is 35.7 Å². The molecule has 2 rings (SSSR count). The van der Waals surface area contributed by atoms with Crippen LogP contribution < -0.4 is 11.1 Å². The first-order valence-corrected chi connectivity index (χ1v) is 7.03. The molecule has 0 heterocycles. The number of hydrogen-bond acceptors (Lipinski definition) is 4. The number of carbonyl (C=O) groups excluding carboxylic acids is 1. The molecular formula is C13H23N3O3. The van der Waals surface area contributed by atoms with E-state index < -0.39 is 5.41 Å². The third kappa shape index (κ3) is 2.68. The summed E-state index contributed by atoms with van der Waals surface area (Å²) >= 11 is 0. The molecule has 108 valence electrons. The van der Waals surface area contributed by atoms with Crippen LogP contribution in [0, 0.1) is 5.41 Å². The van der Waals surface area contributed by atoms with Gasteiger partial charge < -0.3 is 21.0 Å². The lowest BCUT2D eigenvalue weighted by molar-refractivity contribution is -0.130. The summed E-state index contributed by atoms with van der Waals surface area (Å²) in [5.41, 5.74) is 4.94. The summed E-state index contributed by atoms with van der Waals surface area (Å²) in [4.78, 5) is 12.4. The quantitative estimate of drug-likeness (QED) is 0.300. The summed E-state index contributed by atoms with van der Waals surface area (Å²) in [5, 5.41) is 15.0. The van der Waals surface area contributed by atoms with Gasteiger partial charge in [-0.25, -0.2) is 0 Å². The summed E-state index contributed by atoms with van der Waals surface area (Å²) in [6.07, 6.45) is 5.18. The molecule has 0 saturated heterocycles. The van der Waals surface area contributed by atoms with Crippen molar-refractivity contribution < 1.29 is 14.7 Å². The summed E-state index contributed by atoms with van der Waals surface area (Å²) < 4.78 is 5.47. The van der Waals surface area contributed by atoms with Gasteiger partial charge in [0.1, 0.15) is 5.41 Å². The second kappa shape index (κ2) is 5.77. The Morgan fingerprint density at radius 3 is 2.63 bits per heavy atom. The molecule has 0 spiro atoms. The third-order valence-corrected chi connectivity index (χ3v) is 4.32. The molecule has 2 saturated carbocycles. The number of nitrogens with one attached hydrogen (secondary N) is 1. The van der Waals surface area contributed by atoms with Crippen molar-refractivity contribution in [3.8, 4) is 0 Å². The highest BCUT2D eigenvalue weighted by molar-refractivity contribution is 6.07. The fraction of sp³-hybridized carbons (Fsp3) is 0.846. The Hall–Kier alpha value is -1.30. The zero-order valence-electron chi connectivity index (χ0n) is 11.4. The van der Waals surface area contributed by atoms with Crippen molar-refractivity contribution in [1.29, 1.82) is 0 Å². The number of hydrogen-bond donors (Lipinski definition) is 3. The van der Waals surface area contributed by atoms with E-state index in [2.05, 4.69) is 10.5 Å². The number of oxime groups is 1. The SMILES string of the molecule is CCOC1CC(NC(=O)C2(C(N)=NO)CCCC2)C1. The largest absolute Gasteiger partial charge is 0.409 e. The predicted octanol–water partition coefficient (Wildman–Crippen LogP) is 0.977. The van der Waals surface area contributed by atoms with Crippen molar-refractivity contribution in [2.45, 2.75) is 57.6 Å². The van der Waals surface area contributed by atoms with Crippen LogP contribution in [0.25, 0.3) is 0 Å². The van der Waals surface area contributed by atoms with Gasteiger partial charge in [-0.3, -0.25) is 4.79 Å². The van der Waals surface area contributed by atoms with Gasteiger partial charge in [-0.2, -0.15) is 0 Å². The molecule has 0 aromatic rings. The van der Waals surface area contributed by atoms with Crippen molar-refractivity contribution >= 4 is 11.7 Å². The summed E-state index contributed by atoms with van der Waals surface area (Å²) in [5.74, 6) is -0.0524. The molecule has 0 unspecified atom stereocenters. The molecule has 2 aliphatic rings. The topological polar surface area (TPSA) is 96.9 Å². The van der Waals surface area contributed by atoms with Crippen LogP contribution >= 0.6 is 0 Å². The summed E-state index contributed by atoms with van der Waals surface area (Å²) in [6, 6.07) is 0.160. The third-order valence-electron chi connectivity index (χ3n) is 4.32. The van der Waals surface area contributed by atoms with E-state index in [1.54, 1.807) is 0 Å². The average Bonchev–Trinajstić information content (AvgIpc) is 2.85. The Kier molecular flexibility index (Phi) is 4.29. The zero-order valence-corrected chi connectivity index (χ0v) is 11.4. The Morgan fingerprint density at radius 2 is 2.11 bits per heavy atom. The van der Waals surface area contributed by atoms with Crippen LogP contribution in [0.2, 0.25) is 0 Å². The van der Waals surface area contributed by atoms with Crippen LogP contribution in [-0.2, 0) is 9.53 Å². The second-order valence-corrected chi connectivity index (χ2v) is 5.49. The van der Waals surface area contributed by atoms with Gasteiger partial charge in [0.2, 0.25) is 5.91 Å². The van der Waals surface area contributed by atoms with Gasteiger partial charge in [0.25, 0.3) is 0 Å². The molecule has 4 N–H and O–H groups in total. The van der Waals surface area contributed by atoms with E-state index in [1.807, 2.05) is 6.92 Å². The van der Waals surface area contributed by atoms with Crippen LogP contribution in [0.3, 0.4) is 0 Å². The molecule has 0 aliphatic heterocycles. The summed E-state index contributed by atoms with van der Waals surface area (Å²) in [7, 11) is 0. The maximum absolute atomic E-state index is 12.4. The van der Waals surface area contributed by atoms with Crippen LogP contribution in [0.15, 0.2) is 5.16 Å². The molecule has 2 fully saturated rings. The Bertz CT molecular complexity index is 358. The van der Waals surface area contributed by atoms with Crippen molar-refractivity contribution in [3.05, 3.63) is 0 Å². The molecule has 0 atom stereocenters. The van der Waals surface area contributed by atoms with E-state index in [4.69, 9.17) is 15.7 Å². The molecule has 1 amide bonds. The van der Waals surface area contributed by atoms with Crippen molar-refractivity contribution in [2.75, 3.05) is 6.61 Å². The van der Waals surface area contributed by atoms with Gasteiger partial charge in [0.15, 0.2) is 5.84 Å². The van der Waals surface area contributed by atoms with Gasteiger partial charge >= 0.3 is 0 Å². The number of nitrogens with two attached hydrogens (primary N) is 1. The Balaban J connectivity index is 1.91. The van der Waals surface area contributed by atoms with Gasteiger partial charge in [-0.1, -0.05) is 18.0 Å². The molecule has 0 bridgehead atoms. The molecule has 2 aliphatic carbocycles.